The summed E-state index contributed by atoms with van der Waals surface area (Å²) in [7, 11) is 0. The number of halogens is 1. The number of anilines is 1. The van der Waals surface area contributed by atoms with Crippen LogP contribution in [0.5, 0.6) is 5.75 Å². The molecule has 1 aliphatic carbocycles. The average Bonchev–Trinajstić information content (AvgIpc) is 2.68. The zero-order chi connectivity index (χ0) is 19.7. The van der Waals surface area contributed by atoms with Crippen LogP contribution in [0.25, 0.3) is 0 Å². The first-order valence-corrected chi connectivity index (χ1v) is 9.92. The van der Waals surface area contributed by atoms with Crippen molar-refractivity contribution in [2.45, 2.75) is 38.6 Å². The van der Waals surface area contributed by atoms with Gasteiger partial charge >= 0.3 is 0 Å². The first-order valence-electron chi connectivity index (χ1n) is 9.92. The SMILES string of the molecule is CCOc1ccc(C)nc1C(=O)N1CCC2CC1(CNc1ccc(F)cc1)C2. The van der Waals surface area contributed by atoms with Crippen molar-refractivity contribution >= 4 is 11.6 Å². The third kappa shape index (κ3) is 3.43. The molecule has 0 radical (unpaired) electrons. The highest BCUT2D eigenvalue weighted by atomic mass is 19.1. The zero-order valence-corrected chi connectivity index (χ0v) is 16.4. The van der Waals surface area contributed by atoms with E-state index < -0.39 is 0 Å². The fourth-order valence-electron chi connectivity index (χ4n) is 4.48. The van der Waals surface area contributed by atoms with E-state index >= 15 is 0 Å². The third-order valence-corrected chi connectivity index (χ3v) is 5.88. The normalized spacial score (nSPS) is 23.1. The summed E-state index contributed by atoms with van der Waals surface area (Å²) < 4.78 is 18.8. The van der Waals surface area contributed by atoms with Gasteiger partial charge in [-0.1, -0.05) is 0 Å². The van der Waals surface area contributed by atoms with Crippen LogP contribution in [0.4, 0.5) is 10.1 Å². The van der Waals surface area contributed by atoms with Crippen molar-refractivity contribution in [3.8, 4) is 5.75 Å². The van der Waals surface area contributed by atoms with Crippen LogP contribution in [0, 0.1) is 18.7 Å². The molecule has 0 spiro atoms. The number of ether oxygens (including phenoxy) is 1. The minimum absolute atomic E-state index is 0.0637. The molecule has 3 fully saturated rings. The Balaban J connectivity index is 1.56. The number of amides is 1. The lowest BCUT2D eigenvalue weighted by atomic mass is 9.62. The van der Waals surface area contributed by atoms with Crippen molar-refractivity contribution < 1.29 is 13.9 Å². The predicted octanol–water partition coefficient (Wildman–Crippen LogP) is 4.03. The van der Waals surface area contributed by atoms with E-state index in [1.54, 1.807) is 12.1 Å². The van der Waals surface area contributed by atoms with Gasteiger partial charge in [-0.05, 0) is 75.4 Å². The van der Waals surface area contributed by atoms with Gasteiger partial charge in [-0.3, -0.25) is 4.79 Å². The van der Waals surface area contributed by atoms with E-state index in [1.165, 1.54) is 12.1 Å². The van der Waals surface area contributed by atoms with Gasteiger partial charge in [0.05, 0.1) is 12.1 Å². The van der Waals surface area contributed by atoms with Crippen LogP contribution < -0.4 is 10.1 Å². The Kier molecular flexibility index (Phi) is 4.96. The van der Waals surface area contributed by atoms with Gasteiger partial charge in [-0.2, -0.15) is 0 Å². The van der Waals surface area contributed by atoms with Gasteiger partial charge in [0.15, 0.2) is 11.4 Å². The van der Waals surface area contributed by atoms with Gasteiger partial charge in [0.2, 0.25) is 0 Å². The van der Waals surface area contributed by atoms with Crippen molar-refractivity contribution in [3.05, 3.63) is 53.6 Å². The number of hydrogen-bond donors (Lipinski definition) is 1. The van der Waals surface area contributed by atoms with E-state index in [0.717, 1.165) is 37.2 Å². The van der Waals surface area contributed by atoms with Gasteiger partial charge in [-0.25, -0.2) is 9.37 Å². The monoisotopic (exact) mass is 383 g/mol. The fourth-order valence-corrected chi connectivity index (χ4v) is 4.48. The summed E-state index contributed by atoms with van der Waals surface area (Å²) in [5.74, 6) is 0.902. The molecule has 1 aromatic carbocycles. The number of carbonyl (C=O) groups is 1. The second-order valence-corrected chi connectivity index (χ2v) is 7.84. The minimum atomic E-state index is -0.254. The summed E-state index contributed by atoms with van der Waals surface area (Å²) in [6.45, 7) is 5.66. The first-order chi connectivity index (χ1) is 13.5. The maximum absolute atomic E-state index is 13.4. The molecule has 0 atom stereocenters. The predicted molar refractivity (Wildman–Crippen MR) is 106 cm³/mol. The molecule has 2 bridgehead atoms. The molecule has 3 aliphatic rings. The molecular formula is C22H26FN3O2. The lowest BCUT2D eigenvalue weighted by Crippen LogP contribution is -2.67. The molecule has 2 saturated heterocycles. The number of carbonyl (C=O) groups excluding carboxylic acids is 1. The maximum atomic E-state index is 13.4. The van der Waals surface area contributed by atoms with E-state index in [0.29, 0.717) is 30.5 Å². The van der Waals surface area contributed by atoms with Crippen LogP contribution in [-0.4, -0.2) is 41.0 Å². The molecule has 148 valence electrons. The van der Waals surface area contributed by atoms with Crippen LogP contribution in [0.2, 0.25) is 0 Å². The minimum Gasteiger partial charge on any atom is -0.491 e. The number of nitrogens with zero attached hydrogens (tertiary/aromatic N) is 2. The van der Waals surface area contributed by atoms with Crippen LogP contribution in [0.15, 0.2) is 36.4 Å². The van der Waals surface area contributed by atoms with Gasteiger partial charge in [0.1, 0.15) is 5.82 Å². The van der Waals surface area contributed by atoms with Crippen molar-refractivity contribution in [1.82, 2.24) is 9.88 Å². The van der Waals surface area contributed by atoms with Gasteiger partial charge in [-0.15, -0.1) is 0 Å². The summed E-state index contributed by atoms with van der Waals surface area (Å²) in [6.07, 6.45) is 3.01. The molecule has 28 heavy (non-hydrogen) atoms. The number of rotatable bonds is 6. The molecule has 3 heterocycles. The zero-order valence-electron chi connectivity index (χ0n) is 16.4. The van der Waals surface area contributed by atoms with Crippen LogP contribution >= 0.6 is 0 Å². The molecule has 2 aromatic rings. The number of aryl methyl sites for hydroxylation is 1. The van der Waals surface area contributed by atoms with E-state index in [2.05, 4.69) is 10.3 Å². The molecule has 5 rings (SSSR count). The summed E-state index contributed by atoms with van der Waals surface area (Å²) in [5.41, 5.74) is 1.84. The molecule has 1 amide bonds. The van der Waals surface area contributed by atoms with Crippen molar-refractivity contribution in [3.63, 3.8) is 0 Å². The second kappa shape index (κ2) is 7.41. The summed E-state index contributed by atoms with van der Waals surface area (Å²) in [4.78, 5) is 19.9. The van der Waals surface area contributed by atoms with Gasteiger partial charge < -0.3 is 15.0 Å². The Morgan fingerprint density at radius 1 is 1.29 bits per heavy atom. The molecule has 0 unspecified atom stereocenters. The van der Waals surface area contributed by atoms with E-state index in [-0.39, 0.29) is 17.3 Å². The van der Waals surface area contributed by atoms with E-state index in [4.69, 9.17) is 4.74 Å². The van der Waals surface area contributed by atoms with Crippen LogP contribution in [0.1, 0.15) is 42.4 Å². The maximum Gasteiger partial charge on any atom is 0.276 e. The molecule has 1 saturated carbocycles. The Morgan fingerprint density at radius 3 is 2.75 bits per heavy atom. The Labute approximate surface area is 164 Å². The van der Waals surface area contributed by atoms with Crippen molar-refractivity contribution in [2.24, 2.45) is 5.92 Å². The molecule has 1 aromatic heterocycles. The number of nitrogens with one attached hydrogen (secondary N) is 1. The van der Waals surface area contributed by atoms with Crippen molar-refractivity contribution in [1.29, 1.82) is 0 Å². The topological polar surface area (TPSA) is 54.5 Å². The Bertz CT molecular complexity index is 863. The average molecular weight is 383 g/mol. The summed E-state index contributed by atoms with van der Waals surface area (Å²) in [5, 5.41) is 3.40. The molecule has 1 N–H and O–H groups in total. The number of pyridine rings is 1. The second-order valence-electron chi connectivity index (χ2n) is 7.84. The van der Waals surface area contributed by atoms with Gasteiger partial charge in [0.25, 0.3) is 5.91 Å². The number of hydrogen-bond acceptors (Lipinski definition) is 4. The van der Waals surface area contributed by atoms with Gasteiger partial charge in [0, 0.05) is 24.5 Å². The summed E-state index contributed by atoms with van der Waals surface area (Å²) in [6, 6.07) is 10.0. The number of piperidine rings is 2. The molecular weight excluding hydrogens is 357 g/mol. The van der Waals surface area contributed by atoms with E-state index in [1.807, 2.05) is 30.9 Å². The van der Waals surface area contributed by atoms with Crippen LogP contribution in [-0.2, 0) is 0 Å². The first kappa shape index (κ1) is 18.7. The smallest absolute Gasteiger partial charge is 0.276 e. The van der Waals surface area contributed by atoms with E-state index in [9.17, 15) is 9.18 Å². The number of aromatic nitrogens is 1. The largest absolute Gasteiger partial charge is 0.491 e. The molecule has 2 aliphatic heterocycles. The highest BCUT2D eigenvalue weighted by Crippen LogP contribution is 2.49. The van der Waals surface area contributed by atoms with Crippen LogP contribution in [0.3, 0.4) is 0 Å². The molecule has 5 nitrogen and oxygen atoms in total. The highest BCUT2D eigenvalue weighted by Gasteiger charge is 2.54. The highest BCUT2D eigenvalue weighted by molar-refractivity contribution is 5.96. The fraction of sp³-hybridized carbons (Fsp3) is 0.455. The van der Waals surface area contributed by atoms with Crippen molar-refractivity contribution in [2.75, 3.05) is 25.0 Å². The Morgan fingerprint density at radius 2 is 2.04 bits per heavy atom. The standard InChI is InChI=1S/C22H26FN3O2/c1-3-28-19-9-4-15(2)25-20(19)21(27)26-11-10-16-12-22(26,13-16)14-24-18-7-5-17(23)6-8-18/h4-9,16,24H,3,10-14H2,1-2H3. The Hall–Kier alpha value is -2.63. The number of benzene rings is 1. The number of fused-ring (bicyclic) bond motifs is 2. The quantitative estimate of drug-likeness (QED) is 0.818. The molecule has 6 heteroatoms. The third-order valence-electron chi connectivity index (χ3n) is 5.88. The summed E-state index contributed by atoms with van der Waals surface area (Å²) >= 11 is 0. The lowest BCUT2D eigenvalue weighted by molar-refractivity contribution is -0.0491. The lowest BCUT2D eigenvalue weighted by Gasteiger charge is -2.59.